The van der Waals surface area contributed by atoms with Gasteiger partial charge < -0.3 is 15.2 Å². The highest BCUT2D eigenvalue weighted by Gasteiger charge is 2.36. The Morgan fingerprint density at radius 2 is 1.89 bits per heavy atom. The standard InChI is InChI=1S/C25H29FN6O5S/c1-13(2)29-23(35)25(4,5)31-20(34)19-14(3)21(32-27-9-10-28-32)38-22(19)30(24(31)36)12-17(33)16-11-15(26)7-8-18(16)37-6/h7-11,13,17,33H,12H2,1-6H3,(H,29,35). The number of aromatic nitrogens is 5. The average Bonchev–Trinajstić information content (AvgIpc) is 3.49. The van der Waals surface area contributed by atoms with Crippen LogP contribution in [0.15, 0.2) is 40.2 Å². The van der Waals surface area contributed by atoms with Crippen LogP contribution in [0.5, 0.6) is 5.75 Å². The van der Waals surface area contributed by atoms with Crippen LogP contribution in [0.25, 0.3) is 15.2 Å². The summed E-state index contributed by atoms with van der Waals surface area (Å²) in [4.78, 5) is 42.5. The predicted octanol–water partition coefficient (Wildman–Crippen LogP) is 2.25. The van der Waals surface area contributed by atoms with Crippen molar-refractivity contribution in [3.05, 3.63) is 68.4 Å². The molecule has 0 spiro atoms. The molecule has 1 amide bonds. The van der Waals surface area contributed by atoms with E-state index in [4.69, 9.17) is 4.74 Å². The van der Waals surface area contributed by atoms with Crippen LogP contribution >= 0.6 is 11.3 Å². The van der Waals surface area contributed by atoms with Crippen molar-refractivity contribution in [3.8, 4) is 10.8 Å². The summed E-state index contributed by atoms with van der Waals surface area (Å²) in [5.41, 5.74) is -2.40. The van der Waals surface area contributed by atoms with Gasteiger partial charge in [-0.3, -0.25) is 14.2 Å². The van der Waals surface area contributed by atoms with Gasteiger partial charge in [0, 0.05) is 17.2 Å². The van der Waals surface area contributed by atoms with E-state index in [-0.39, 0.29) is 34.1 Å². The molecule has 2 N–H and O–H groups in total. The van der Waals surface area contributed by atoms with Crippen LogP contribution < -0.4 is 21.3 Å². The molecule has 38 heavy (non-hydrogen) atoms. The van der Waals surface area contributed by atoms with Crippen molar-refractivity contribution in [2.24, 2.45) is 0 Å². The molecule has 4 aromatic rings. The number of carbonyl (C=O) groups excluding carboxylic acids is 1. The molecule has 1 aromatic carbocycles. The second-order valence-corrected chi connectivity index (χ2v) is 10.6. The van der Waals surface area contributed by atoms with Gasteiger partial charge in [-0.25, -0.2) is 13.8 Å². The first-order valence-electron chi connectivity index (χ1n) is 11.9. The summed E-state index contributed by atoms with van der Waals surface area (Å²) < 4.78 is 21.4. The van der Waals surface area contributed by atoms with Gasteiger partial charge in [-0.15, -0.1) is 4.80 Å². The predicted molar refractivity (Wildman–Crippen MR) is 141 cm³/mol. The lowest BCUT2D eigenvalue weighted by atomic mass is 10.0. The Balaban J connectivity index is 2.01. The van der Waals surface area contributed by atoms with Crippen LogP contribution in [0.3, 0.4) is 0 Å². The second kappa shape index (κ2) is 10.1. The maximum absolute atomic E-state index is 14.1. The SMILES string of the molecule is COc1ccc(F)cc1C(O)Cn1c(=O)n(C(C)(C)C(=O)NC(C)C)c(=O)c2c(C)c(-n3nccn3)sc21. The molecule has 11 nitrogen and oxygen atoms in total. The van der Waals surface area contributed by atoms with Gasteiger partial charge in [-0.2, -0.15) is 10.2 Å². The first kappa shape index (κ1) is 27.2. The highest BCUT2D eigenvalue weighted by molar-refractivity contribution is 7.21. The molecule has 0 fully saturated rings. The summed E-state index contributed by atoms with van der Waals surface area (Å²) >= 11 is 1.10. The maximum Gasteiger partial charge on any atom is 0.333 e. The summed E-state index contributed by atoms with van der Waals surface area (Å²) in [7, 11) is 1.38. The van der Waals surface area contributed by atoms with Crippen molar-refractivity contribution >= 4 is 27.5 Å². The van der Waals surface area contributed by atoms with Crippen molar-refractivity contribution in [2.45, 2.75) is 58.8 Å². The number of thiophene rings is 1. The zero-order chi connectivity index (χ0) is 27.9. The van der Waals surface area contributed by atoms with E-state index in [1.54, 1.807) is 20.8 Å². The number of amides is 1. The van der Waals surface area contributed by atoms with Crippen LogP contribution in [0.1, 0.15) is 44.9 Å². The minimum atomic E-state index is -1.58. The third-order valence-corrected chi connectivity index (χ3v) is 7.51. The summed E-state index contributed by atoms with van der Waals surface area (Å²) in [6.45, 7) is 7.86. The van der Waals surface area contributed by atoms with Gasteiger partial charge in [0.15, 0.2) is 0 Å². The molecule has 0 bridgehead atoms. The zero-order valence-electron chi connectivity index (χ0n) is 21.9. The fraction of sp³-hybridized carbons (Fsp3) is 0.400. The molecular weight excluding hydrogens is 515 g/mol. The van der Waals surface area contributed by atoms with Crippen molar-refractivity contribution in [2.75, 3.05) is 7.11 Å². The van der Waals surface area contributed by atoms with E-state index in [2.05, 4.69) is 15.5 Å². The Labute approximate surface area is 221 Å². The summed E-state index contributed by atoms with van der Waals surface area (Å²) in [5.74, 6) is -0.878. The summed E-state index contributed by atoms with van der Waals surface area (Å²) in [5, 5.41) is 22.9. The number of aliphatic hydroxyl groups is 1. The van der Waals surface area contributed by atoms with Crippen molar-refractivity contribution in [3.63, 3.8) is 0 Å². The quantitative estimate of drug-likeness (QED) is 0.348. The number of nitrogens with zero attached hydrogens (tertiary/aromatic N) is 5. The Morgan fingerprint density at radius 1 is 1.24 bits per heavy atom. The first-order valence-corrected chi connectivity index (χ1v) is 12.7. The minimum Gasteiger partial charge on any atom is -0.496 e. The Morgan fingerprint density at radius 3 is 2.50 bits per heavy atom. The van der Waals surface area contributed by atoms with E-state index in [0.29, 0.717) is 10.6 Å². The number of halogens is 1. The smallest absolute Gasteiger partial charge is 0.333 e. The highest BCUT2D eigenvalue weighted by Crippen LogP contribution is 2.33. The van der Waals surface area contributed by atoms with Gasteiger partial charge in [-0.1, -0.05) is 11.3 Å². The molecule has 0 radical (unpaired) electrons. The molecule has 0 saturated carbocycles. The zero-order valence-corrected chi connectivity index (χ0v) is 22.7. The number of rotatable bonds is 8. The monoisotopic (exact) mass is 544 g/mol. The van der Waals surface area contributed by atoms with Crippen LogP contribution in [0.2, 0.25) is 0 Å². The Hall–Kier alpha value is -3.84. The van der Waals surface area contributed by atoms with E-state index in [1.807, 2.05) is 0 Å². The lowest BCUT2D eigenvalue weighted by Crippen LogP contribution is -2.56. The number of carbonyl (C=O) groups is 1. The maximum atomic E-state index is 14.1. The number of aryl methyl sites for hydroxylation is 1. The fourth-order valence-electron chi connectivity index (χ4n) is 4.28. The molecule has 0 aliphatic carbocycles. The molecule has 0 aliphatic heterocycles. The normalized spacial score (nSPS) is 12.8. The molecule has 3 aromatic heterocycles. The molecule has 202 valence electrons. The van der Waals surface area contributed by atoms with Crippen LogP contribution in [-0.4, -0.2) is 48.3 Å². The van der Waals surface area contributed by atoms with Gasteiger partial charge in [0.1, 0.15) is 33.0 Å². The molecule has 1 atom stereocenters. The van der Waals surface area contributed by atoms with Crippen LogP contribution in [0, 0.1) is 12.7 Å². The van der Waals surface area contributed by atoms with Gasteiger partial charge in [0.05, 0.1) is 31.4 Å². The Kier molecular flexibility index (Phi) is 7.26. The largest absolute Gasteiger partial charge is 0.496 e. The number of methoxy groups -OCH3 is 1. The molecule has 0 saturated heterocycles. The van der Waals surface area contributed by atoms with Crippen molar-refractivity contribution in [1.29, 1.82) is 0 Å². The number of hydrogen-bond donors (Lipinski definition) is 2. The van der Waals surface area contributed by atoms with E-state index in [9.17, 15) is 23.9 Å². The summed E-state index contributed by atoms with van der Waals surface area (Å²) in [6.07, 6.45) is 1.58. The number of aliphatic hydroxyl groups excluding tert-OH is 1. The number of fused-ring (bicyclic) bond motifs is 1. The average molecular weight is 545 g/mol. The third-order valence-electron chi connectivity index (χ3n) is 6.23. The van der Waals surface area contributed by atoms with Crippen LogP contribution in [-0.2, 0) is 16.9 Å². The lowest BCUT2D eigenvalue weighted by Gasteiger charge is -2.28. The first-order chi connectivity index (χ1) is 17.9. The van der Waals surface area contributed by atoms with Crippen molar-refractivity contribution < 1.29 is 19.0 Å². The van der Waals surface area contributed by atoms with E-state index < -0.39 is 34.6 Å². The number of nitrogens with one attached hydrogen (secondary N) is 1. The third kappa shape index (κ3) is 4.63. The lowest BCUT2D eigenvalue weighted by molar-refractivity contribution is -0.129. The van der Waals surface area contributed by atoms with Crippen LogP contribution in [0.4, 0.5) is 4.39 Å². The second-order valence-electron chi connectivity index (χ2n) is 9.65. The van der Waals surface area contributed by atoms with Gasteiger partial charge in [0.2, 0.25) is 5.91 Å². The number of ether oxygens (including phenoxy) is 1. The summed E-state index contributed by atoms with van der Waals surface area (Å²) in [6, 6.07) is 3.47. The highest BCUT2D eigenvalue weighted by atomic mass is 32.1. The van der Waals surface area contributed by atoms with E-state index >= 15 is 0 Å². The molecular formula is C25H29FN6O5S. The number of hydrogen-bond acceptors (Lipinski definition) is 8. The number of benzene rings is 1. The topological polar surface area (TPSA) is 133 Å². The fourth-order valence-corrected chi connectivity index (χ4v) is 5.50. The molecule has 13 heteroatoms. The molecule has 3 heterocycles. The molecule has 1 unspecified atom stereocenters. The molecule has 0 aliphatic rings. The van der Waals surface area contributed by atoms with Gasteiger partial charge >= 0.3 is 5.69 Å². The van der Waals surface area contributed by atoms with E-state index in [1.165, 1.54) is 54.8 Å². The van der Waals surface area contributed by atoms with E-state index in [0.717, 1.165) is 22.0 Å². The molecule has 4 rings (SSSR count). The minimum absolute atomic E-state index is 0.129. The van der Waals surface area contributed by atoms with Crippen molar-refractivity contribution in [1.82, 2.24) is 29.4 Å². The van der Waals surface area contributed by atoms with Gasteiger partial charge in [0.25, 0.3) is 5.56 Å². The van der Waals surface area contributed by atoms with Gasteiger partial charge in [-0.05, 0) is 52.8 Å². The Bertz CT molecular complexity index is 1620.